The van der Waals surface area contributed by atoms with E-state index in [1.54, 1.807) is 6.07 Å². The van der Waals surface area contributed by atoms with Gasteiger partial charge in [-0.3, -0.25) is 8.75 Å². The number of benzene rings is 1. The van der Waals surface area contributed by atoms with Crippen molar-refractivity contribution in [2.45, 2.75) is 18.6 Å². The first kappa shape index (κ1) is 16.5. The number of halogens is 3. The summed E-state index contributed by atoms with van der Waals surface area (Å²) in [6.45, 7) is 1.36. The maximum atomic E-state index is 13.1. The van der Waals surface area contributed by atoms with Crippen LogP contribution < -0.4 is 16.2 Å². The molecule has 2 aromatic rings. The van der Waals surface area contributed by atoms with Crippen LogP contribution in [0.2, 0.25) is 0 Å². The molecule has 1 aromatic heterocycles. The predicted molar refractivity (Wildman–Crippen MR) is 84.5 cm³/mol. The van der Waals surface area contributed by atoms with Crippen LogP contribution in [0.3, 0.4) is 0 Å². The molecule has 1 aliphatic rings. The van der Waals surface area contributed by atoms with Gasteiger partial charge >= 0.3 is 6.18 Å². The lowest BCUT2D eigenvalue weighted by Crippen LogP contribution is -2.22. The number of rotatable bonds is 3. The van der Waals surface area contributed by atoms with E-state index >= 15 is 0 Å². The molecule has 24 heavy (non-hydrogen) atoms. The third-order valence-corrected chi connectivity index (χ3v) is 4.94. The number of hydrogen-bond donors (Lipinski definition) is 2. The molecule has 2 N–H and O–H groups in total. The fraction of sp³-hybridized carbons (Fsp3) is 0.333. The zero-order valence-electron chi connectivity index (χ0n) is 12.4. The minimum Gasteiger partial charge on any atom is -0.344 e. The Labute approximate surface area is 139 Å². The second kappa shape index (κ2) is 6.30. The summed E-state index contributed by atoms with van der Waals surface area (Å²) >= 11 is 0.985. The highest BCUT2D eigenvalue weighted by Crippen LogP contribution is 2.37. The molecular formula is C15H13F3N4OS. The Morgan fingerprint density at radius 1 is 1.38 bits per heavy atom. The van der Waals surface area contributed by atoms with E-state index in [1.165, 1.54) is 22.2 Å². The van der Waals surface area contributed by atoms with Crippen molar-refractivity contribution < 1.29 is 13.2 Å². The van der Waals surface area contributed by atoms with E-state index in [0.717, 1.165) is 30.6 Å². The smallest absolute Gasteiger partial charge is 0.344 e. The standard InChI is InChI=1S/C15H13F3N4OS/c16-15(17,18)11-3-1-2-4-12(11)21-13-10(7-19)14(23)22(24-13)9-5-6-20-8-9/h1-4,9,20-21H,5-6,8H2/t9-/m1/s1. The van der Waals surface area contributed by atoms with E-state index in [0.29, 0.717) is 6.54 Å². The van der Waals surface area contributed by atoms with Crippen LogP contribution in [0.25, 0.3) is 0 Å². The summed E-state index contributed by atoms with van der Waals surface area (Å²) in [6.07, 6.45) is -3.79. The molecule has 0 aliphatic carbocycles. The summed E-state index contributed by atoms with van der Waals surface area (Å²) in [7, 11) is 0. The highest BCUT2D eigenvalue weighted by Gasteiger charge is 2.34. The van der Waals surface area contributed by atoms with Crippen molar-refractivity contribution in [3.8, 4) is 6.07 Å². The lowest BCUT2D eigenvalue weighted by molar-refractivity contribution is -0.136. The van der Waals surface area contributed by atoms with Crippen molar-refractivity contribution in [2.24, 2.45) is 0 Å². The minimum absolute atomic E-state index is 0.0805. The highest BCUT2D eigenvalue weighted by atomic mass is 32.1. The van der Waals surface area contributed by atoms with E-state index < -0.39 is 17.3 Å². The number of nitrogens with zero attached hydrogens (tertiary/aromatic N) is 2. The van der Waals surface area contributed by atoms with Gasteiger partial charge in [-0.15, -0.1) is 0 Å². The maximum Gasteiger partial charge on any atom is 0.418 e. The van der Waals surface area contributed by atoms with Gasteiger partial charge in [0.05, 0.1) is 17.3 Å². The van der Waals surface area contributed by atoms with Gasteiger partial charge in [-0.1, -0.05) is 12.1 Å². The average Bonchev–Trinajstić information content (AvgIpc) is 3.15. The predicted octanol–water partition coefficient (Wildman–Crippen LogP) is 3.08. The van der Waals surface area contributed by atoms with Gasteiger partial charge in [0.1, 0.15) is 11.1 Å². The Hall–Kier alpha value is -2.31. The Kier molecular flexibility index (Phi) is 4.34. The molecule has 0 saturated carbocycles. The summed E-state index contributed by atoms with van der Waals surface area (Å²) in [5.74, 6) is 0. The number of para-hydroxylation sites is 1. The molecule has 126 valence electrons. The summed E-state index contributed by atoms with van der Waals surface area (Å²) in [4.78, 5) is 12.3. The van der Waals surface area contributed by atoms with Crippen LogP contribution >= 0.6 is 11.5 Å². The zero-order valence-corrected chi connectivity index (χ0v) is 13.2. The third kappa shape index (κ3) is 3.02. The van der Waals surface area contributed by atoms with Crippen LogP contribution in [0.1, 0.15) is 23.6 Å². The van der Waals surface area contributed by atoms with Crippen LogP contribution in [0.4, 0.5) is 23.9 Å². The molecule has 1 atom stereocenters. The van der Waals surface area contributed by atoms with Crippen LogP contribution in [0.15, 0.2) is 29.1 Å². The van der Waals surface area contributed by atoms with Crippen LogP contribution in [0, 0.1) is 11.3 Å². The van der Waals surface area contributed by atoms with E-state index in [2.05, 4.69) is 10.6 Å². The minimum atomic E-state index is -4.53. The fourth-order valence-corrected chi connectivity index (χ4v) is 3.70. The van der Waals surface area contributed by atoms with Gasteiger partial charge in [-0.05, 0) is 36.6 Å². The van der Waals surface area contributed by atoms with Crippen molar-refractivity contribution in [3.05, 3.63) is 45.7 Å². The Morgan fingerprint density at radius 3 is 2.75 bits per heavy atom. The second-order valence-corrected chi connectivity index (χ2v) is 6.34. The molecule has 0 unspecified atom stereocenters. The number of hydrogen-bond acceptors (Lipinski definition) is 5. The summed E-state index contributed by atoms with van der Waals surface area (Å²) in [6, 6.07) is 6.70. The van der Waals surface area contributed by atoms with Gasteiger partial charge < -0.3 is 10.6 Å². The van der Waals surface area contributed by atoms with Crippen molar-refractivity contribution in [1.29, 1.82) is 5.26 Å². The summed E-state index contributed by atoms with van der Waals surface area (Å²) in [5.41, 5.74) is -1.66. The Balaban J connectivity index is 2.01. The van der Waals surface area contributed by atoms with Gasteiger partial charge in [0, 0.05) is 6.54 Å². The Bertz CT molecular complexity index is 844. The third-order valence-electron chi connectivity index (χ3n) is 3.79. The van der Waals surface area contributed by atoms with E-state index in [1.807, 2.05) is 0 Å². The fourth-order valence-electron chi connectivity index (χ4n) is 2.62. The maximum absolute atomic E-state index is 13.1. The van der Waals surface area contributed by atoms with Crippen molar-refractivity contribution in [2.75, 3.05) is 18.4 Å². The van der Waals surface area contributed by atoms with E-state index in [-0.39, 0.29) is 22.3 Å². The number of alkyl halides is 3. The molecular weight excluding hydrogens is 341 g/mol. The Morgan fingerprint density at radius 2 is 2.12 bits per heavy atom. The first-order valence-electron chi connectivity index (χ1n) is 7.21. The van der Waals surface area contributed by atoms with Gasteiger partial charge in [-0.2, -0.15) is 18.4 Å². The number of aromatic nitrogens is 1. The highest BCUT2D eigenvalue weighted by molar-refractivity contribution is 7.11. The van der Waals surface area contributed by atoms with E-state index in [4.69, 9.17) is 0 Å². The van der Waals surface area contributed by atoms with Crippen molar-refractivity contribution in [1.82, 2.24) is 9.27 Å². The van der Waals surface area contributed by atoms with Crippen LogP contribution in [0.5, 0.6) is 0 Å². The first-order chi connectivity index (χ1) is 11.4. The average molecular weight is 354 g/mol. The number of anilines is 2. The normalized spacial score (nSPS) is 17.7. The largest absolute Gasteiger partial charge is 0.418 e. The number of nitrogens with one attached hydrogen (secondary N) is 2. The van der Waals surface area contributed by atoms with E-state index in [9.17, 15) is 23.2 Å². The topological polar surface area (TPSA) is 69.8 Å². The summed E-state index contributed by atoms with van der Waals surface area (Å²) in [5, 5.41) is 15.1. The van der Waals surface area contributed by atoms with Crippen LogP contribution in [-0.4, -0.2) is 17.0 Å². The lowest BCUT2D eigenvalue weighted by atomic mass is 10.1. The SMILES string of the molecule is N#Cc1c(Nc2ccccc2C(F)(F)F)sn([C@@H]2CCNC2)c1=O. The van der Waals surface area contributed by atoms with Gasteiger partial charge in [-0.25, -0.2) is 0 Å². The molecule has 0 amide bonds. The molecule has 3 rings (SSSR count). The molecule has 9 heteroatoms. The molecule has 1 aromatic carbocycles. The monoisotopic (exact) mass is 354 g/mol. The van der Waals surface area contributed by atoms with Gasteiger partial charge in [0.15, 0.2) is 5.56 Å². The lowest BCUT2D eigenvalue weighted by Gasteiger charge is -2.13. The molecule has 1 aliphatic heterocycles. The quantitative estimate of drug-likeness (QED) is 0.889. The molecule has 0 radical (unpaired) electrons. The zero-order chi connectivity index (χ0) is 17.3. The molecule has 2 heterocycles. The van der Waals surface area contributed by atoms with Crippen LogP contribution in [-0.2, 0) is 6.18 Å². The molecule has 5 nitrogen and oxygen atoms in total. The molecule has 0 bridgehead atoms. The first-order valence-corrected chi connectivity index (χ1v) is 7.99. The molecule has 1 saturated heterocycles. The van der Waals surface area contributed by atoms with Crippen molar-refractivity contribution >= 4 is 22.2 Å². The van der Waals surface area contributed by atoms with Gasteiger partial charge in [0.2, 0.25) is 0 Å². The molecule has 0 spiro atoms. The summed E-state index contributed by atoms with van der Waals surface area (Å²) < 4.78 is 40.7. The van der Waals surface area contributed by atoms with Gasteiger partial charge in [0.25, 0.3) is 5.56 Å². The number of nitriles is 1. The second-order valence-electron chi connectivity index (χ2n) is 5.35. The van der Waals surface area contributed by atoms with Crippen molar-refractivity contribution in [3.63, 3.8) is 0 Å². The molecule has 1 fully saturated rings.